The van der Waals surface area contributed by atoms with E-state index in [1.54, 1.807) is 7.11 Å². The van der Waals surface area contributed by atoms with Crippen LogP contribution in [0.5, 0.6) is 5.75 Å². The molecule has 0 heterocycles. The number of hydrogen-bond acceptors (Lipinski definition) is 3. The molecule has 0 amide bonds. The summed E-state index contributed by atoms with van der Waals surface area (Å²) in [6.45, 7) is 2.04. The molecule has 88 valence electrons. The molecule has 16 heavy (non-hydrogen) atoms. The van der Waals surface area contributed by atoms with Gasteiger partial charge in [-0.2, -0.15) is 0 Å². The fraction of sp³-hybridized carbons (Fsp3) is 0.417. The van der Waals surface area contributed by atoms with Crippen LogP contribution in [0.15, 0.2) is 18.2 Å². The molecule has 0 aliphatic rings. The van der Waals surface area contributed by atoms with E-state index in [2.05, 4.69) is 20.7 Å². The van der Waals surface area contributed by atoms with Crippen molar-refractivity contribution in [2.75, 3.05) is 14.2 Å². The van der Waals surface area contributed by atoms with Crippen LogP contribution in [-0.2, 0) is 16.0 Å². The number of carbonyl (C=O) groups excluding carboxylic acids is 1. The van der Waals surface area contributed by atoms with Gasteiger partial charge in [0.05, 0.1) is 14.2 Å². The molecule has 0 fully saturated rings. The highest BCUT2D eigenvalue weighted by Crippen LogP contribution is 2.29. The molecule has 1 rings (SSSR count). The van der Waals surface area contributed by atoms with E-state index < -0.39 is 4.83 Å². The molecule has 0 spiro atoms. The maximum Gasteiger partial charge on any atom is 0.323 e. The molecular formula is C12H15BrO3. The van der Waals surface area contributed by atoms with Crippen LogP contribution in [-0.4, -0.2) is 20.2 Å². The third-order valence-electron chi connectivity index (χ3n) is 2.39. The summed E-state index contributed by atoms with van der Waals surface area (Å²) in [4.78, 5) is 10.9. The van der Waals surface area contributed by atoms with Gasteiger partial charge in [0.15, 0.2) is 0 Å². The molecule has 0 saturated carbocycles. The van der Waals surface area contributed by atoms with Crippen molar-refractivity contribution in [3.63, 3.8) is 0 Å². The molecule has 0 N–H and O–H groups in total. The SMILES string of the molecule is CCc1cc(C(Br)C(=O)OC)ccc1OC. The first kappa shape index (κ1) is 13.0. The van der Waals surface area contributed by atoms with Crippen LogP contribution in [0.2, 0.25) is 0 Å². The summed E-state index contributed by atoms with van der Waals surface area (Å²) in [5, 5.41) is 0. The monoisotopic (exact) mass is 286 g/mol. The number of aryl methyl sites for hydroxylation is 1. The van der Waals surface area contributed by atoms with Crippen molar-refractivity contribution in [2.45, 2.75) is 18.2 Å². The van der Waals surface area contributed by atoms with Crippen LogP contribution in [0.25, 0.3) is 0 Å². The lowest BCUT2D eigenvalue weighted by molar-refractivity contribution is -0.139. The van der Waals surface area contributed by atoms with Gasteiger partial charge >= 0.3 is 5.97 Å². The third-order valence-corrected chi connectivity index (χ3v) is 3.29. The summed E-state index contributed by atoms with van der Waals surface area (Å²) in [6.07, 6.45) is 0.859. The zero-order chi connectivity index (χ0) is 12.1. The molecular weight excluding hydrogens is 272 g/mol. The molecule has 0 bridgehead atoms. The van der Waals surface area contributed by atoms with E-state index in [9.17, 15) is 4.79 Å². The first-order valence-electron chi connectivity index (χ1n) is 5.02. The highest BCUT2D eigenvalue weighted by molar-refractivity contribution is 9.09. The second-order valence-corrected chi connectivity index (χ2v) is 4.23. The fourth-order valence-corrected chi connectivity index (χ4v) is 1.94. The summed E-state index contributed by atoms with van der Waals surface area (Å²) in [5.74, 6) is 0.544. The Hall–Kier alpha value is -1.03. The number of benzene rings is 1. The van der Waals surface area contributed by atoms with Gasteiger partial charge in [0, 0.05) is 0 Å². The number of hydrogen-bond donors (Lipinski definition) is 0. The number of rotatable bonds is 4. The van der Waals surface area contributed by atoms with Crippen molar-refractivity contribution < 1.29 is 14.3 Å². The Morgan fingerprint density at radius 2 is 2.12 bits per heavy atom. The van der Waals surface area contributed by atoms with E-state index in [1.165, 1.54) is 7.11 Å². The molecule has 1 aromatic rings. The maximum absolute atomic E-state index is 11.4. The van der Waals surface area contributed by atoms with Gasteiger partial charge in [-0.05, 0) is 23.6 Å². The average Bonchev–Trinajstić information content (AvgIpc) is 2.35. The largest absolute Gasteiger partial charge is 0.496 e. The van der Waals surface area contributed by atoms with Gasteiger partial charge < -0.3 is 9.47 Å². The van der Waals surface area contributed by atoms with Crippen molar-refractivity contribution in [1.29, 1.82) is 0 Å². The van der Waals surface area contributed by atoms with Crippen molar-refractivity contribution in [2.24, 2.45) is 0 Å². The van der Waals surface area contributed by atoms with Crippen LogP contribution in [0, 0.1) is 0 Å². The lowest BCUT2D eigenvalue weighted by Crippen LogP contribution is -2.08. The van der Waals surface area contributed by atoms with Crippen LogP contribution in [0.4, 0.5) is 0 Å². The van der Waals surface area contributed by atoms with E-state index in [0.717, 1.165) is 23.3 Å². The minimum atomic E-state index is -0.422. The van der Waals surface area contributed by atoms with Gasteiger partial charge in [-0.25, -0.2) is 0 Å². The molecule has 0 radical (unpaired) electrons. The number of alkyl halides is 1. The lowest BCUT2D eigenvalue weighted by Gasteiger charge is -2.12. The predicted octanol–water partition coefficient (Wildman–Crippen LogP) is 2.87. The molecule has 1 unspecified atom stereocenters. The van der Waals surface area contributed by atoms with Crippen LogP contribution < -0.4 is 4.74 Å². The lowest BCUT2D eigenvalue weighted by atomic mass is 10.1. The Labute approximate surface area is 104 Å². The zero-order valence-corrected chi connectivity index (χ0v) is 11.2. The van der Waals surface area contributed by atoms with Gasteiger partial charge in [0.2, 0.25) is 0 Å². The number of esters is 1. The van der Waals surface area contributed by atoms with Crippen molar-refractivity contribution >= 4 is 21.9 Å². The van der Waals surface area contributed by atoms with E-state index in [-0.39, 0.29) is 5.97 Å². The molecule has 0 aliphatic carbocycles. The van der Waals surface area contributed by atoms with E-state index >= 15 is 0 Å². The van der Waals surface area contributed by atoms with Gasteiger partial charge in [-0.15, -0.1) is 0 Å². The molecule has 0 aromatic heterocycles. The maximum atomic E-state index is 11.4. The summed E-state index contributed by atoms with van der Waals surface area (Å²) in [5.41, 5.74) is 1.96. The Bertz CT molecular complexity index is 377. The Kier molecular flexibility index (Phi) is 4.80. The Morgan fingerprint density at radius 3 is 2.62 bits per heavy atom. The minimum absolute atomic E-state index is 0.299. The quantitative estimate of drug-likeness (QED) is 0.631. The fourth-order valence-electron chi connectivity index (χ4n) is 1.47. The number of methoxy groups -OCH3 is 2. The second-order valence-electron chi connectivity index (χ2n) is 3.31. The van der Waals surface area contributed by atoms with E-state index in [1.807, 2.05) is 25.1 Å². The second kappa shape index (κ2) is 5.89. The number of ether oxygens (including phenoxy) is 2. The summed E-state index contributed by atoms with van der Waals surface area (Å²) >= 11 is 3.31. The zero-order valence-electron chi connectivity index (χ0n) is 9.62. The van der Waals surface area contributed by atoms with Crippen LogP contribution in [0.1, 0.15) is 22.9 Å². The van der Waals surface area contributed by atoms with Gasteiger partial charge in [0.1, 0.15) is 10.6 Å². The standard InChI is InChI=1S/C12H15BrO3/c1-4-8-7-9(5-6-10(8)15-2)11(13)12(14)16-3/h5-7,11H,4H2,1-3H3. The van der Waals surface area contributed by atoms with Crippen molar-refractivity contribution in [3.05, 3.63) is 29.3 Å². The molecule has 0 saturated heterocycles. The highest BCUT2D eigenvalue weighted by Gasteiger charge is 2.18. The highest BCUT2D eigenvalue weighted by atomic mass is 79.9. The Balaban J connectivity index is 3.03. The van der Waals surface area contributed by atoms with E-state index in [0.29, 0.717) is 0 Å². The van der Waals surface area contributed by atoms with Gasteiger partial charge in [-0.1, -0.05) is 35.0 Å². The molecule has 1 aromatic carbocycles. The topological polar surface area (TPSA) is 35.5 Å². The van der Waals surface area contributed by atoms with Crippen LogP contribution >= 0.6 is 15.9 Å². The first-order valence-corrected chi connectivity index (χ1v) is 5.94. The predicted molar refractivity (Wildman–Crippen MR) is 66.1 cm³/mol. The molecule has 1 atom stereocenters. The summed E-state index contributed by atoms with van der Waals surface area (Å²) in [7, 11) is 3.01. The van der Waals surface area contributed by atoms with Crippen molar-refractivity contribution in [1.82, 2.24) is 0 Å². The average molecular weight is 287 g/mol. The molecule has 4 heteroatoms. The van der Waals surface area contributed by atoms with Gasteiger partial charge in [0.25, 0.3) is 0 Å². The minimum Gasteiger partial charge on any atom is -0.496 e. The first-order chi connectivity index (χ1) is 7.63. The smallest absolute Gasteiger partial charge is 0.323 e. The number of halogens is 1. The summed E-state index contributed by atoms with van der Waals surface area (Å²) in [6, 6.07) is 5.68. The molecule has 0 aliphatic heterocycles. The molecule has 3 nitrogen and oxygen atoms in total. The number of carbonyl (C=O) groups is 1. The Morgan fingerprint density at radius 1 is 1.44 bits per heavy atom. The van der Waals surface area contributed by atoms with Crippen molar-refractivity contribution in [3.8, 4) is 5.75 Å². The van der Waals surface area contributed by atoms with Gasteiger partial charge in [-0.3, -0.25) is 4.79 Å². The third kappa shape index (κ3) is 2.76. The van der Waals surface area contributed by atoms with E-state index in [4.69, 9.17) is 4.74 Å². The normalized spacial score (nSPS) is 12.0. The summed E-state index contributed by atoms with van der Waals surface area (Å²) < 4.78 is 9.91. The van der Waals surface area contributed by atoms with Crippen LogP contribution in [0.3, 0.4) is 0 Å².